The Labute approximate surface area is 89.1 Å². The van der Waals surface area contributed by atoms with Crippen LogP contribution in [0.4, 0.5) is 0 Å². The number of carbonyl (C=O) groups is 1. The van der Waals surface area contributed by atoms with Gasteiger partial charge < -0.3 is 5.11 Å². The third-order valence-corrected chi connectivity index (χ3v) is 3.98. The fourth-order valence-electron chi connectivity index (χ4n) is 0.614. The number of carboxylic acids is 1. The third kappa shape index (κ3) is 3.54. The van der Waals surface area contributed by atoms with E-state index in [-0.39, 0.29) is 0 Å². The molecule has 0 amide bonds. The van der Waals surface area contributed by atoms with Gasteiger partial charge in [0, 0.05) is 16.8 Å². The lowest BCUT2D eigenvalue weighted by atomic mass is 10.5. The molecule has 1 heterocycles. The van der Waals surface area contributed by atoms with Gasteiger partial charge in [0.15, 0.2) is 0 Å². The summed E-state index contributed by atoms with van der Waals surface area (Å²) in [4.78, 5) is 14.5. The van der Waals surface area contributed by atoms with E-state index >= 15 is 0 Å². The van der Waals surface area contributed by atoms with Crippen LogP contribution in [0.2, 0.25) is 0 Å². The first-order valence-electron chi connectivity index (χ1n) is 3.51. The van der Waals surface area contributed by atoms with Gasteiger partial charge >= 0.3 is 5.97 Å². The number of aromatic nitrogens is 1. The zero-order valence-electron chi connectivity index (χ0n) is 6.86. The van der Waals surface area contributed by atoms with Crippen molar-refractivity contribution in [2.45, 2.75) is 16.6 Å². The standard InChI is InChI=1S/C7H8ClNO2S2/c1-4-2-12-7(9-4)13-3-5(8)6(10)11/h2,5H,3H2,1H3,(H,10,11). The maximum atomic E-state index is 10.4. The second-order valence-corrected chi connectivity index (χ2v) is 5.02. The fraction of sp³-hybridized carbons (Fsp3) is 0.429. The van der Waals surface area contributed by atoms with Crippen LogP contribution in [-0.2, 0) is 4.79 Å². The van der Waals surface area contributed by atoms with Gasteiger partial charge in [-0.05, 0) is 6.92 Å². The van der Waals surface area contributed by atoms with E-state index in [0.717, 1.165) is 10.0 Å². The maximum absolute atomic E-state index is 10.4. The number of aryl methyl sites for hydroxylation is 1. The average molecular weight is 238 g/mol. The number of thiazole rings is 1. The van der Waals surface area contributed by atoms with Crippen LogP contribution in [0.15, 0.2) is 9.72 Å². The molecule has 0 aliphatic carbocycles. The van der Waals surface area contributed by atoms with Gasteiger partial charge in [-0.3, -0.25) is 4.79 Å². The van der Waals surface area contributed by atoms with E-state index < -0.39 is 11.3 Å². The van der Waals surface area contributed by atoms with E-state index in [1.165, 1.54) is 23.1 Å². The molecule has 1 N–H and O–H groups in total. The minimum absolute atomic E-state index is 0.351. The average Bonchev–Trinajstić information content (AvgIpc) is 2.47. The van der Waals surface area contributed by atoms with Gasteiger partial charge in [-0.15, -0.1) is 22.9 Å². The first kappa shape index (κ1) is 10.8. The lowest BCUT2D eigenvalue weighted by molar-refractivity contribution is -0.136. The molecule has 0 aliphatic rings. The number of rotatable bonds is 4. The quantitative estimate of drug-likeness (QED) is 0.645. The molecule has 0 aliphatic heterocycles. The molecule has 3 nitrogen and oxygen atoms in total. The van der Waals surface area contributed by atoms with E-state index in [0.29, 0.717) is 5.75 Å². The number of nitrogens with zero attached hydrogens (tertiary/aromatic N) is 1. The lowest BCUT2D eigenvalue weighted by Crippen LogP contribution is -2.15. The molecule has 6 heteroatoms. The Morgan fingerprint density at radius 3 is 3.08 bits per heavy atom. The van der Waals surface area contributed by atoms with Crippen molar-refractivity contribution in [2.24, 2.45) is 0 Å². The minimum Gasteiger partial charge on any atom is -0.480 e. The zero-order chi connectivity index (χ0) is 9.84. The lowest BCUT2D eigenvalue weighted by Gasteiger charge is -2.00. The smallest absolute Gasteiger partial charge is 0.322 e. The summed E-state index contributed by atoms with van der Waals surface area (Å²) in [5.41, 5.74) is 0.953. The van der Waals surface area contributed by atoms with Crippen LogP contribution in [0.5, 0.6) is 0 Å². The van der Waals surface area contributed by atoms with Crippen molar-refractivity contribution in [1.29, 1.82) is 0 Å². The van der Waals surface area contributed by atoms with Crippen molar-refractivity contribution < 1.29 is 9.90 Å². The highest BCUT2D eigenvalue weighted by Crippen LogP contribution is 2.23. The van der Waals surface area contributed by atoms with Gasteiger partial charge in [0.05, 0.1) is 0 Å². The number of hydrogen-bond acceptors (Lipinski definition) is 4. The van der Waals surface area contributed by atoms with Crippen LogP contribution < -0.4 is 0 Å². The summed E-state index contributed by atoms with van der Waals surface area (Å²) in [6.07, 6.45) is 0. The molecule has 0 aromatic carbocycles. The Hall–Kier alpha value is -0.260. The minimum atomic E-state index is -0.984. The van der Waals surface area contributed by atoms with Gasteiger partial charge in [0.25, 0.3) is 0 Å². The largest absolute Gasteiger partial charge is 0.480 e. The Kier molecular flexibility index (Phi) is 4.02. The number of aliphatic carboxylic acids is 1. The van der Waals surface area contributed by atoms with Crippen LogP contribution in [0.1, 0.15) is 5.69 Å². The van der Waals surface area contributed by atoms with E-state index in [4.69, 9.17) is 16.7 Å². The van der Waals surface area contributed by atoms with Gasteiger partial charge in [-0.25, -0.2) is 4.98 Å². The van der Waals surface area contributed by atoms with E-state index in [2.05, 4.69) is 4.98 Å². The van der Waals surface area contributed by atoms with E-state index in [1.807, 2.05) is 12.3 Å². The number of halogens is 1. The van der Waals surface area contributed by atoms with Crippen LogP contribution in [0, 0.1) is 6.92 Å². The molecule has 0 saturated heterocycles. The predicted octanol–water partition coefficient (Wildman–Crippen LogP) is 2.24. The van der Waals surface area contributed by atoms with Crippen molar-refractivity contribution in [3.63, 3.8) is 0 Å². The summed E-state index contributed by atoms with van der Waals surface area (Å²) in [5, 5.41) is 9.59. The normalized spacial score (nSPS) is 12.8. The molecule has 0 bridgehead atoms. The molecule has 0 spiro atoms. The Morgan fingerprint density at radius 2 is 2.62 bits per heavy atom. The molecule has 1 aromatic rings. The molecule has 1 atom stereocenters. The molecule has 1 aromatic heterocycles. The number of alkyl halides is 1. The molecule has 13 heavy (non-hydrogen) atoms. The highest BCUT2D eigenvalue weighted by molar-refractivity contribution is 8.01. The molecule has 1 rings (SSSR count). The highest BCUT2D eigenvalue weighted by Gasteiger charge is 2.14. The summed E-state index contributed by atoms with van der Waals surface area (Å²) in [5.74, 6) is -0.633. The van der Waals surface area contributed by atoms with Crippen LogP contribution in [0.25, 0.3) is 0 Å². The molecule has 0 radical (unpaired) electrons. The van der Waals surface area contributed by atoms with E-state index in [1.54, 1.807) is 0 Å². The molecule has 0 saturated carbocycles. The van der Waals surface area contributed by atoms with E-state index in [9.17, 15) is 4.79 Å². The number of carboxylic acid groups (broad SMARTS) is 1. The van der Waals surface area contributed by atoms with Crippen LogP contribution >= 0.6 is 34.7 Å². The molecule has 72 valence electrons. The number of hydrogen-bond donors (Lipinski definition) is 1. The summed E-state index contributed by atoms with van der Waals surface area (Å²) >= 11 is 8.40. The van der Waals surface area contributed by atoms with Crippen molar-refractivity contribution >= 4 is 40.7 Å². The SMILES string of the molecule is Cc1csc(SCC(Cl)C(=O)O)n1. The molecular weight excluding hydrogens is 230 g/mol. The van der Waals surface area contributed by atoms with Crippen molar-refractivity contribution in [3.05, 3.63) is 11.1 Å². The Morgan fingerprint density at radius 1 is 1.92 bits per heavy atom. The van der Waals surface area contributed by atoms with Gasteiger partial charge in [0.1, 0.15) is 9.72 Å². The van der Waals surface area contributed by atoms with Crippen molar-refractivity contribution in [1.82, 2.24) is 4.98 Å². The fourth-order valence-corrected chi connectivity index (χ4v) is 2.58. The van der Waals surface area contributed by atoms with Crippen LogP contribution in [0.3, 0.4) is 0 Å². The Balaban J connectivity index is 2.39. The molecule has 1 unspecified atom stereocenters. The number of thioether (sulfide) groups is 1. The third-order valence-electron chi connectivity index (χ3n) is 1.22. The van der Waals surface area contributed by atoms with Crippen molar-refractivity contribution in [3.8, 4) is 0 Å². The van der Waals surface area contributed by atoms with Crippen molar-refractivity contribution in [2.75, 3.05) is 5.75 Å². The van der Waals surface area contributed by atoms with Gasteiger partial charge in [-0.2, -0.15) is 0 Å². The first-order valence-corrected chi connectivity index (χ1v) is 5.81. The second kappa shape index (κ2) is 4.83. The topological polar surface area (TPSA) is 50.2 Å². The van der Waals surface area contributed by atoms with Gasteiger partial charge in [0.2, 0.25) is 0 Å². The molecule has 0 fully saturated rings. The van der Waals surface area contributed by atoms with Gasteiger partial charge in [-0.1, -0.05) is 11.8 Å². The maximum Gasteiger partial charge on any atom is 0.322 e. The predicted molar refractivity (Wildman–Crippen MR) is 54.9 cm³/mol. The highest BCUT2D eigenvalue weighted by atomic mass is 35.5. The summed E-state index contributed by atoms with van der Waals surface area (Å²) in [7, 11) is 0. The van der Waals surface area contributed by atoms with Crippen LogP contribution in [-0.4, -0.2) is 27.2 Å². The summed E-state index contributed by atoms with van der Waals surface area (Å²) < 4.78 is 0.865. The molecular formula is C7H8ClNO2S2. The monoisotopic (exact) mass is 237 g/mol. The Bertz CT molecular complexity index is 302. The second-order valence-electron chi connectivity index (χ2n) is 2.37. The first-order chi connectivity index (χ1) is 6.09. The zero-order valence-corrected chi connectivity index (χ0v) is 9.25. The summed E-state index contributed by atoms with van der Waals surface area (Å²) in [6, 6.07) is 0. The summed E-state index contributed by atoms with van der Waals surface area (Å²) in [6.45, 7) is 1.90.